The molecule has 0 aliphatic carbocycles. The highest BCUT2D eigenvalue weighted by molar-refractivity contribution is 7.91. The maximum atomic E-state index is 11.7. The molecule has 1 N–H and O–H groups in total. The zero-order chi connectivity index (χ0) is 13.7. The number of hydrogen-bond donors (Lipinski definition) is 1. The SMILES string of the molecule is CCCCN(CC1CCNCC1)C1CCS(=O)(=O)C1.Cl. The normalized spacial score (nSPS) is 26.6. The molecule has 0 radical (unpaired) electrons. The molecule has 1 atom stereocenters. The smallest absolute Gasteiger partial charge is 0.151 e. The van der Waals surface area contributed by atoms with Gasteiger partial charge in [-0.1, -0.05) is 13.3 Å². The number of sulfone groups is 1. The number of nitrogens with one attached hydrogen (secondary N) is 1. The van der Waals surface area contributed by atoms with Crippen LogP contribution in [0, 0.1) is 5.92 Å². The molecule has 0 bridgehead atoms. The van der Waals surface area contributed by atoms with E-state index in [4.69, 9.17) is 0 Å². The van der Waals surface area contributed by atoms with Crippen LogP contribution in [0.1, 0.15) is 39.0 Å². The molecule has 0 aromatic carbocycles. The van der Waals surface area contributed by atoms with Crippen LogP contribution in [0.2, 0.25) is 0 Å². The third-order valence-corrected chi connectivity index (χ3v) is 6.23. The average molecular weight is 325 g/mol. The van der Waals surface area contributed by atoms with Gasteiger partial charge in [-0.25, -0.2) is 8.42 Å². The maximum Gasteiger partial charge on any atom is 0.151 e. The molecule has 2 fully saturated rings. The van der Waals surface area contributed by atoms with Gasteiger partial charge in [0.25, 0.3) is 0 Å². The molecular weight excluding hydrogens is 296 g/mol. The highest BCUT2D eigenvalue weighted by Gasteiger charge is 2.33. The predicted octanol–water partition coefficient (Wildman–Crippen LogP) is 1.70. The Morgan fingerprint density at radius 3 is 2.45 bits per heavy atom. The van der Waals surface area contributed by atoms with Crippen molar-refractivity contribution in [1.82, 2.24) is 10.2 Å². The van der Waals surface area contributed by atoms with E-state index in [-0.39, 0.29) is 18.4 Å². The molecule has 1 unspecified atom stereocenters. The number of hydrogen-bond acceptors (Lipinski definition) is 4. The molecule has 120 valence electrons. The van der Waals surface area contributed by atoms with E-state index >= 15 is 0 Å². The van der Waals surface area contributed by atoms with Crippen molar-refractivity contribution in [3.63, 3.8) is 0 Å². The first-order valence-electron chi connectivity index (χ1n) is 7.76. The average Bonchev–Trinajstić information content (AvgIpc) is 2.76. The minimum atomic E-state index is -2.76. The Kier molecular flexibility index (Phi) is 7.80. The second-order valence-corrected chi connectivity index (χ2v) is 8.33. The second-order valence-electron chi connectivity index (χ2n) is 6.10. The van der Waals surface area contributed by atoms with Crippen molar-refractivity contribution >= 4 is 22.2 Å². The van der Waals surface area contributed by atoms with E-state index in [0.29, 0.717) is 11.5 Å². The van der Waals surface area contributed by atoms with Gasteiger partial charge in [-0.05, 0) is 51.2 Å². The molecule has 4 nitrogen and oxygen atoms in total. The summed E-state index contributed by atoms with van der Waals surface area (Å²) < 4.78 is 23.3. The molecule has 6 heteroatoms. The standard InChI is InChI=1S/C14H28N2O2S.ClH/c1-2-3-9-16(11-13-4-7-15-8-5-13)14-6-10-19(17,18)12-14;/h13-15H,2-12H2,1H3;1H. The largest absolute Gasteiger partial charge is 0.317 e. The Hall–Kier alpha value is 0.160. The van der Waals surface area contributed by atoms with Gasteiger partial charge in [0.2, 0.25) is 0 Å². The number of halogens is 1. The summed E-state index contributed by atoms with van der Waals surface area (Å²) in [4.78, 5) is 2.48. The summed E-state index contributed by atoms with van der Waals surface area (Å²) in [5.41, 5.74) is 0. The fourth-order valence-corrected chi connectivity index (χ4v) is 5.01. The summed E-state index contributed by atoms with van der Waals surface area (Å²) >= 11 is 0. The lowest BCUT2D eigenvalue weighted by Crippen LogP contribution is -2.42. The minimum Gasteiger partial charge on any atom is -0.317 e. The van der Waals surface area contributed by atoms with Crippen LogP contribution in [0.5, 0.6) is 0 Å². The van der Waals surface area contributed by atoms with Gasteiger partial charge in [-0.15, -0.1) is 12.4 Å². The molecule has 2 aliphatic rings. The highest BCUT2D eigenvalue weighted by atomic mass is 35.5. The van der Waals surface area contributed by atoms with Gasteiger partial charge in [0.15, 0.2) is 9.84 Å². The van der Waals surface area contributed by atoms with Crippen LogP contribution >= 0.6 is 12.4 Å². The number of unbranched alkanes of at least 4 members (excludes halogenated alkanes) is 1. The van der Waals surface area contributed by atoms with Crippen molar-refractivity contribution in [2.45, 2.75) is 45.1 Å². The first-order valence-corrected chi connectivity index (χ1v) is 9.58. The number of nitrogens with zero attached hydrogens (tertiary/aromatic N) is 1. The lowest BCUT2D eigenvalue weighted by molar-refractivity contribution is 0.161. The van der Waals surface area contributed by atoms with Gasteiger partial charge < -0.3 is 5.32 Å². The summed E-state index contributed by atoms with van der Waals surface area (Å²) in [5, 5.41) is 3.40. The molecule has 0 amide bonds. The van der Waals surface area contributed by atoms with Gasteiger partial charge in [0.1, 0.15) is 0 Å². The van der Waals surface area contributed by atoms with Crippen molar-refractivity contribution < 1.29 is 8.42 Å². The Morgan fingerprint density at radius 2 is 1.90 bits per heavy atom. The molecule has 0 aromatic heterocycles. The monoisotopic (exact) mass is 324 g/mol. The molecule has 0 aromatic rings. The van der Waals surface area contributed by atoms with E-state index in [1.807, 2.05) is 0 Å². The second kappa shape index (κ2) is 8.57. The Bertz CT molecular complexity index is 369. The first kappa shape index (κ1) is 18.2. The summed E-state index contributed by atoms with van der Waals surface area (Å²) in [5.74, 6) is 1.54. The quantitative estimate of drug-likeness (QED) is 0.808. The fraction of sp³-hybridized carbons (Fsp3) is 1.00. The van der Waals surface area contributed by atoms with Gasteiger partial charge in [-0.3, -0.25) is 4.90 Å². The van der Waals surface area contributed by atoms with Crippen LogP contribution in [-0.2, 0) is 9.84 Å². The molecule has 2 aliphatic heterocycles. The van der Waals surface area contributed by atoms with Gasteiger partial charge >= 0.3 is 0 Å². The number of rotatable bonds is 6. The van der Waals surface area contributed by atoms with Gasteiger partial charge in [-0.2, -0.15) is 0 Å². The van der Waals surface area contributed by atoms with Gasteiger partial charge in [0.05, 0.1) is 11.5 Å². The molecule has 20 heavy (non-hydrogen) atoms. The summed E-state index contributed by atoms with van der Waals surface area (Å²) in [6.45, 7) is 6.61. The Balaban J connectivity index is 0.00000200. The van der Waals surface area contributed by atoms with Crippen LogP contribution in [0.4, 0.5) is 0 Å². The van der Waals surface area contributed by atoms with E-state index in [1.165, 1.54) is 25.7 Å². The number of piperidine rings is 1. The summed E-state index contributed by atoms with van der Waals surface area (Å²) in [6.07, 6.45) is 5.69. The van der Waals surface area contributed by atoms with Crippen LogP contribution in [0.25, 0.3) is 0 Å². The lowest BCUT2D eigenvalue weighted by Gasteiger charge is -2.33. The van der Waals surface area contributed by atoms with Crippen molar-refractivity contribution in [2.24, 2.45) is 5.92 Å². The van der Waals surface area contributed by atoms with E-state index < -0.39 is 9.84 Å². The molecule has 2 saturated heterocycles. The molecule has 0 saturated carbocycles. The third-order valence-electron chi connectivity index (χ3n) is 4.48. The summed E-state index contributed by atoms with van der Waals surface area (Å²) in [6, 6.07) is 0.284. The van der Waals surface area contributed by atoms with E-state index in [1.54, 1.807) is 0 Å². The highest BCUT2D eigenvalue weighted by Crippen LogP contribution is 2.22. The van der Waals surface area contributed by atoms with E-state index in [0.717, 1.165) is 38.5 Å². The molecular formula is C14H29ClN2O2S. The van der Waals surface area contributed by atoms with E-state index in [9.17, 15) is 8.42 Å². The van der Waals surface area contributed by atoms with Crippen LogP contribution < -0.4 is 5.32 Å². The zero-order valence-electron chi connectivity index (χ0n) is 12.5. The fourth-order valence-electron chi connectivity index (χ4n) is 3.24. The Morgan fingerprint density at radius 1 is 1.20 bits per heavy atom. The lowest BCUT2D eigenvalue weighted by atomic mass is 9.96. The van der Waals surface area contributed by atoms with Crippen LogP contribution in [0.3, 0.4) is 0 Å². The van der Waals surface area contributed by atoms with Crippen LogP contribution in [-0.4, -0.2) is 57.0 Å². The van der Waals surface area contributed by atoms with Crippen molar-refractivity contribution in [3.8, 4) is 0 Å². The minimum absolute atomic E-state index is 0. The van der Waals surface area contributed by atoms with Crippen molar-refractivity contribution in [1.29, 1.82) is 0 Å². The topological polar surface area (TPSA) is 49.4 Å². The maximum absolute atomic E-state index is 11.7. The summed E-state index contributed by atoms with van der Waals surface area (Å²) in [7, 11) is -2.76. The van der Waals surface area contributed by atoms with Gasteiger partial charge in [0, 0.05) is 12.6 Å². The molecule has 2 rings (SSSR count). The Labute approximate surface area is 130 Å². The van der Waals surface area contributed by atoms with Crippen molar-refractivity contribution in [3.05, 3.63) is 0 Å². The predicted molar refractivity (Wildman–Crippen MR) is 86.4 cm³/mol. The molecule has 2 heterocycles. The zero-order valence-corrected chi connectivity index (χ0v) is 14.1. The third kappa shape index (κ3) is 5.51. The van der Waals surface area contributed by atoms with Crippen LogP contribution in [0.15, 0.2) is 0 Å². The molecule has 0 spiro atoms. The first-order chi connectivity index (χ1) is 9.11. The van der Waals surface area contributed by atoms with E-state index in [2.05, 4.69) is 17.1 Å². The van der Waals surface area contributed by atoms with Crippen molar-refractivity contribution in [2.75, 3.05) is 37.7 Å².